The molecule has 4 aromatic rings. The number of amides is 1. The van der Waals surface area contributed by atoms with Gasteiger partial charge in [0.05, 0.1) is 0 Å². The zero-order chi connectivity index (χ0) is 18.8. The van der Waals surface area contributed by atoms with Crippen LogP contribution in [0.1, 0.15) is 12.5 Å². The van der Waals surface area contributed by atoms with Gasteiger partial charge in [-0.05, 0) is 46.7 Å². The molecule has 0 saturated heterocycles. The van der Waals surface area contributed by atoms with Gasteiger partial charge in [-0.15, -0.1) is 0 Å². The lowest BCUT2D eigenvalue weighted by molar-refractivity contribution is -0.114. The Labute approximate surface area is 155 Å². The van der Waals surface area contributed by atoms with Crippen LogP contribution >= 0.6 is 0 Å². The van der Waals surface area contributed by atoms with Gasteiger partial charge in [-0.3, -0.25) is 4.79 Å². The fraction of sp³-hybridized carbons (Fsp3) is 0.0909. The first kappa shape index (κ1) is 16.8. The molecule has 0 atom stereocenters. The van der Waals surface area contributed by atoms with E-state index in [1.807, 2.05) is 60.7 Å². The zero-order valence-electron chi connectivity index (χ0n) is 14.8. The van der Waals surface area contributed by atoms with Crippen LogP contribution in [0.5, 0.6) is 0 Å². The van der Waals surface area contributed by atoms with Gasteiger partial charge >= 0.3 is 5.63 Å². The molecule has 27 heavy (non-hydrogen) atoms. The molecule has 5 heteroatoms. The van der Waals surface area contributed by atoms with Crippen LogP contribution in [0.3, 0.4) is 0 Å². The number of hydrogen-bond donors (Lipinski definition) is 2. The van der Waals surface area contributed by atoms with Gasteiger partial charge in [0.15, 0.2) is 0 Å². The smallest absolute Gasteiger partial charge is 0.336 e. The molecule has 3 aromatic carbocycles. The van der Waals surface area contributed by atoms with E-state index < -0.39 is 0 Å². The van der Waals surface area contributed by atoms with Crippen LogP contribution in [-0.4, -0.2) is 5.91 Å². The molecule has 0 aliphatic rings. The highest BCUT2D eigenvalue weighted by molar-refractivity contribution is 6.07. The molecule has 0 fully saturated rings. The van der Waals surface area contributed by atoms with Crippen molar-refractivity contribution in [1.82, 2.24) is 0 Å². The molecule has 0 spiro atoms. The van der Waals surface area contributed by atoms with E-state index in [9.17, 15) is 9.59 Å². The molecule has 0 aliphatic heterocycles. The van der Waals surface area contributed by atoms with Crippen LogP contribution in [0.2, 0.25) is 0 Å². The van der Waals surface area contributed by atoms with Crippen molar-refractivity contribution in [3.05, 3.63) is 82.7 Å². The van der Waals surface area contributed by atoms with Gasteiger partial charge in [0.2, 0.25) is 5.91 Å². The van der Waals surface area contributed by atoms with Gasteiger partial charge in [-0.25, -0.2) is 4.79 Å². The predicted molar refractivity (Wildman–Crippen MR) is 108 cm³/mol. The Morgan fingerprint density at radius 1 is 0.963 bits per heavy atom. The molecule has 0 saturated carbocycles. The summed E-state index contributed by atoms with van der Waals surface area (Å²) in [6, 6.07) is 20.8. The zero-order valence-corrected chi connectivity index (χ0v) is 14.8. The van der Waals surface area contributed by atoms with Crippen molar-refractivity contribution >= 4 is 39.0 Å². The number of carbonyl (C=O) groups excluding carboxylic acids is 1. The van der Waals surface area contributed by atoms with E-state index in [0.29, 0.717) is 12.1 Å². The quantitative estimate of drug-likeness (QED) is 0.416. The maximum absolute atomic E-state index is 12.0. The summed E-state index contributed by atoms with van der Waals surface area (Å²) in [6.07, 6.45) is 0. The Morgan fingerprint density at radius 3 is 2.48 bits per heavy atom. The van der Waals surface area contributed by atoms with Gasteiger partial charge in [0, 0.05) is 36.3 Å². The summed E-state index contributed by atoms with van der Waals surface area (Å²) >= 11 is 0. The number of benzene rings is 3. The predicted octanol–water partition coefficient (Wildman–Crippen LogP) is 4.52. The molecule has 2 N–H and O–H groups in total. The van der Waals surface area contributed by atoms with Crippen molar-refractivity contribution in [3.8, 4) is 0 Å². The normalized spacial score (nSPS) is 10.9. The lowest BCUT2D eigenvalue weighted by atomic mass is 10.0. The summed E-state index contributed by atoms with van der Waals surface area (Å²) in [5.74, 6) is -0.106. The summed E-state index contributed by atoms with van der Waals surface area (Å²) in [5.41, 5.74) is 2.73. The van der Waals surface area contributed by atoms with Crippen molar-refractivity contribution in [3.63, 3.8) is 0 Å². The SMILES string of the molecule is CC(=O)Nc1ccc(NCc2cc(=O)oc3ccc4ccccc4c23)cc1. The van der Waals surface area contributed by atoms with Crippen molar-refractivity contribution < 1.29 is 9.21 Å². The first-order valence-corrected chi connectivity index (χ1v) is 8.66. The van der Waals surface area contributed by atoms with Crippen molar-refractivity contribution in [2.45, 2.75) is 13.5 Å². The third-order valence-corrected chi connectivity index (χ3v) is 4.40. The molecule has 5 nitrogen and oxygen atoms in total. The van der Waals surface area contributed by atoms with Crippen molar-refractivity contribution in [2.75, 3.05) is 10.6 Å². The molecule has 0 aliphatic carbocycles. The molecule has 1 aromatic heterocycles. The summed E-state index contributed by atoms with van der Waals surface area (Å²) < 4.78 is 5.39. The van der Waals surface area contributed by atoms with E-state index in [-0.39, 0.29) is 11.5 Å². The first-order chi connectivity index (χ1) is 13.1. The Morgan fingerprint density at radius 2 is 1.70 bits per heavy atom. The minimum atomic E-state index is -0.365. The molecular weight excluding hydrogens is 340 g/mol. The summed E-state index contributed by atoms with van der Waals surface area (Å²) in [4.78, 5) is 23.1. The van der Waals surface area contributed by atoms with Crippen LogP contribution in [-0.2, 0) is 11.3 Å². The molecule has 4 rings (SSSR count). The second kappa shape index (κ2) is 6.96. The fourth-order valence-electron chi connectivity index (χ4n) is 3.23. The molecule has 0 bridgehead atoms. The largest absolute Gasteiger partial charge is 0.423 e. The lowest BCUT2D eigenvalue weighted by Gasteiger charge is -2.11. The minimum absolute atomic E-state index is 0.106. The molecule has 0 unspecified atom stereocenters. The molecule has 1 heterocycles. The summed E-state index contributed by atoms with van der Waals surface area (Å²) in [5, 5.41) is 9.16. The molecule has 134 valence electrons. The second-order valence-electron chi connectivity index (χ2n) is 6.36. The van der Waals surface area contributed by atoms with Crippen molar-refractivity contribution in [2.24, 2.45) is 0 Å². The maximum Gasteiger partial charge on any atom is 0.336 e. The fourth-order valence-corrected chi connectivity index (χ4v) is 3.23. The lowest BCUT2D eigenvalue weighted by Crippen LogP contribution is -2.07. The first-order valence-electron chi connectivity index (χ1n) is 8.66. The molecular formula is C22H18N2O3. The van der Waals surface area contributed by atoms with Crippen LogP contribution < -0.4 is 16.3 Å². The van der Waals surface area contributed by atoms with Crippen molar-refractivity contribution in [1.29, 1.82) is 0 Å². The van der Waals surface area contributed by atoms with E-state index in [1.54, 1.807) is 0 Å². The summed E-state index contributed by atoms with van der Waals surface area (Å²) in [7, 11) is 0. The number of carbonyl (C=O) groups is 1. The summed E-state index contributed by atoms with van der Waals surface area (Å²) in [6.45, 7) is 1.96. The van der Waals surface area contributed by atoms with E-state index in [4.69, 9.17) is 4.42 Å². The number of hydrogen-bond acceptors (Lipinski definition) is 4. The Balaban J connectivity index is 1.68. The Kier molecular flexibility index (Phi) is 4.34. The third-order valence-electron chi connectivity index (χ3n) is 4.40. The maximum atomic E-state index is 12.0. The monoisotopic (exact) mass is 358 g/mol. The highest BCUT2D eigenvalue weighted by Gasteiger charge is 2.09. The van der Waals surface area contributed by atoms with E-state index in [0.717, 1.165) is 33.1 Å². The molecule has 1 amide bonds. The topological polar surface area (TPSA) is 71.3 Å². The average Bonchev–Trinajstić information content (AvgIpc) is 2.66. The van der Waals surface area contributed by atoms with E-state index >= 15 is 0 Å². The number of fused-ring (bicyclic) bond motifs is 3. The van der Waals surface area contributed by atoms with E-state index in [1.165, 1.54) is 13.0 Å². The van der Waals surface area contributed by atoms with Gasteiger partial charge < -0.3 is 15.1 Å². The highest BCUT2D eigenvalue weighted by atomic mass is 16.4. The van der Waals surface area contributed by atoms with Gasteiger partial charge in [0.1, 0.15) is 5.58 Å². The van der Waals surface area contributed by atoms with Gasteiger partial charge in [-0.1, -0.05) is 30.3 Å². The van der Waals surface area contributed by atoms with E-state index in [2.05, 4.69) is 10.6 Å². The van der Waals surface area contributed by atoms with Crippen LogP contribution in [0.4, 0.5) is 11.4 Å². The number of nitrogens with one attached hydrogen (secondary N) is 2. The van der Waals surface area contributed by atoms with Gasteiger partial charge in [-0.2, -0.15) is 0 Å². The average molecular weight is 358 g/mol. The minimum Gasteiger partial charge on any atom is -0.423 e. The van der Waals surface area contributed by atoms with Crippen LogP contribution in [0.15, 0.2) is 75.9 Å². The standard InChI is InChI=1S/C22H18N2O3/c1-14(25)24-18-9-7-17(8-10-18)23-13-16-12-21(26)27-20-11-6-15-4-2-3-5-19(15)22(16)20/h2-12,23H,13H2,1H3,(H,24,25). The van der Waals surface area contributed by atoms with Gasteiger partial charge in [0.25, 0.3) is 0 Å². The number of rotatable bonds is 4. The Hall–Kier alpha value is -3.60. The molecule has 0 radical (unpaired) electrons. The van der Waals surface area contributed by atoms with Crippen LogP contribution in [0.25, 0.3) is 21.7 Å². The second-order valence-corrected chi connectivity index (χ2v) is 6.36. The third kappa shape index (κ3) is 3.53. The van der Waals surface area contributed by atoms with Crippen LogP contribution in [0, 0.1) is 0 Å². The Bertz CT molecular complexity index is 1190. The number of anilines is 2. The highest BCUT2D eigenvalue weighted by Crippen LogP contribution is 2.28.